The van der Waals surface area contributed by atoms with Crippen molar-refractivity contribution in [2.75, 3.05) is 25.1 Å². The monoisotopic (exact) mass is 279 g/mol. The van der Waals surface area contributed by atoms with Crippen molar-refractivity contribution in [2.24, 2.45) is 0 Å². The molecule has 0 bridgehead atoms. The Balaban J connectivity index is 2.14. The fraction of sp³-hybridized carbons (Fsp3) is 0.400. The topological polar surface area (TPSA) is 49.8 Å². The first-order chi connectivity index (χ1) is 9.58. The predicted molar refractivity (Wildman–Crippen MR) is 75.3 cm³/mol. The summed E-state index contributed by atoms with van der Waals surface area (Å²) in [5, 5.41) is 8.61. The van der Waals surface area contributed by atoms with Crippen LogP contribution in [-0.4, -0.2) is 37.4 Å². The van der Waals surface area contributed by atoms with E-state index in [9.17, 15) is 9.18 Å². The maximum Gasteiger partial charge on any atom is 0.328 e. The van der Waals surface area contributed by atoms with E-state index in [1.807, 2.05) is 0 Å². The summed E-state index contributed by atoms with van der Waals surface area (Å²) in [4.78, 5) is 12.6. The van der Waals surface area contributed by atoms with Crippen LogP contribution in [0, 0.1) is 5.82 Å². The minimum absolute atomic E-state index is 0.270. The molecule has 0 radical (unpaired) electrons. The van der Waals surface area contributed by atoms with Crippen molar-refractivity contribution in [3.63, 3.8) is 0 Å². The zero-order chi connectivity index (χ0) is 14.5. The summed E-state index contributed by atoms with van der Waals surface area (Å²) >= 11 is 0. The van der Waals surface area contributed by atoms with Crippen LogP contribution >= 0.6 is 0 Å². The largest absolute Gasteiger partial charge is 0.478 e. The molecule has 5 heteroatoms. The molecule has 1 heterocycles. The van der Waals surface area contributed by atoms with Crippen LogP contribution in [0.1, 0.15) is 18.4 Å². The lowest BCUT2D eigenvalue weighted by atomic mass is 10.1. The number of halogens is 1. The van der Waals surface area contributed by atoms with Gasteiger partial charge in [-0.25, -0.2) is 9.18 Å². The van der Waals surface area contributed by atoms with Crippen LogP contribution in [0.2, 0.25) is 0 Å². The van der Waals surface area contributed by atoms with Gasteiger partial charge in [-0.05, 0) is 42.7 Å². The second kappa shape index (κ2) is 6.52. The van der Waals surface area contributed by atoms with Gasteiger partial charge >= 0.3 is 5.97 Å². The second-order valence-corrected chi connectivity index (χ2v) is 4.84. The molecule has 0 aliphatic carbocycles. The molecule has 1 aromatic rings. The van der Waals surface area contributed by atoms with Crippen molar-refractivity contribution in [1.29, 1.82) is 0 Å². The minimum Gasteiger partial charge on any atom is -0.478 e. The fourth-order valence-electron chi connectivity index (χ4n) is 2.39. The molecule has 1 aliphatic rings. The van der Waals surface area contributed by atoms with E-state index >= 15 is 0 Å². The molecule has 108 valence electrons. The Morgan fingerprint density at radius 3 is 2.70 bits per heavy atom. The molecule has 1 fully saturated rings. The number of piperidine rings is 1. The zero-order valence-electron chi connectivity index (χ0n) is 11.4. The van der Waals surface area contributed by atoms with E-state index in [0.717, 1.165) is 37.7 Å². The molecule has 0 amide bonds. The van der Waals surface area contributed by atoms with Gasteiger partial charge in [-0.3, -0.25) is 0 Å². The van der Waals surface area contributed by atoms with Crippen molar-refractivity contribution in [1.82, 2.24) is 0 Å². The van der Waals surface area contributed by atoms with E-state index in [4.69, 9.17) is 9.84 Å². The quantitative estimate of drug-likeness (QED) is 0.860. The Morgan fingerprint density at radius 2 is 2.10 bits per heavy atom. The lowest BCUT2D eigenvalue weighted by Gasteiger charge is -2.33. The molecule has 0 aromatic heterocycles. The summed E-state index contributed by atoms with van der Waals surface area (Å²) < 4.78 is 18.9. The molecule has 0 unspecified atom stereocenters. The molecular formula is C15H18FNO3. The number of benzene rings is 1. The zero-order valence-corrected chi connectivity index (χ0v) is 11.4. The fourth-order valence-corrected chi connectivity index (χ4v) is 2.39. The van der Waals surface area contributed by atoms with Crippen LogP contribution in [0.3, 0.4) is 0 Å². The highest BCUT2D eigenvalue weighted by Gasteiger charge is 2.19. The van der Waals surface area contributed by atoms with Gasteiger partial charge in [0.1, 0.15) is 5.82 Å². The number of anilines is 1. The van der Waals surface area contributed by atoms with Gasteiger partial charge in [0.25, 0.3) is 0 Å². The lowest BCUT2D eigenvalue weighted by Crippen LogP contribution is -2.36. The first-order valence-electron chi connectivity index (χ1n) is 6.58. The first-order valence-corrected chi connectivity index (χ1v) is 6.58. The van der Waals surface area contributed by atoms with Crippen molar-refractivity contribution < 1.29 is 19.0 Å². The highest BCUT2D eigenvalue weighted by molar-refractivity contribution is 5.85. The molecule has 2 rings (SSSR count). The average molecular weight is 279 g/mol. The average Bonchev–Trinajstić information content (AvgIpc) is 2.44. The van der Waals surface area contributed by atoms with E-state index in [2.05, 4.69) is 4.90 Å². The summed E-state index contributed by atoms with van der Waals surface area (Å²) in [6, 6.07) is 4.60. The third-order valence-electron chi connectivity index (χ3n) is 3.46. The van der Waals surface area contributed by atoms with Crippen molar-refractivity contribution in [3.8, 4) is 0 Å². The summed E-state index contributed by atoms with van der Waals surface area (Å²) in [6.45, 7) is 1.62. The van der Waals surface area contributed by atoms with Crippen LogP contribution in [0.5, 0.6) is 0 Å². The van der Waals surface area contributed by atoms with Gasteiger partial charge in [0.05, 0.1) is 6.10 Å². The van der Waals surface area contributed by atoms with Crippen LogP contribution < -0.4 is 4.90 Å². The molecule has 0 atom stereocenters. The molecule has 20 heavy (non-hydrogen) atoms. The normalized spacial score (nSPS) is 16.8. The number of carboxylic acid groups (broad SMARTS) is 1. The second-order valence-electron chi connectivity index (χ2n) is 4.84. The summed E-state index contributed by atoms with van der Waals surface area (Å²) in [5.41, 5.74) is 1.33. The highest BCUT2D eigenvalue weighted by Crippen LogP contribution is 2.24. The van der Waals surface area contributed by atoms with E-state index in [1.165, 1.54) is 18.2 Å². The third-order valence-corrected chi connectivity index (χ3v) is 3.46. The number of carboxylic acids is 1. The van der Waals surface area contributed by atoms with Crippen LogP contribution in [0.15, 0.2) is 24.3 Å². The molecule has 1 aromatic carbocycles. The molecular weight excluding hydrogens is 261 g/mol. The van der Waals surface area contributed by atoms with Gasteiger partial charge in [-0.2, -0.15) is 0 Å². The first kappa shape index (κ1) is 14.5. The summed E-state index contributed by atoms with van der Waals surface area (Å²) in [6.07, 6.45) is 4.50. The van der Waals surface area contributed by atoms with Crippen LogP contribution in [-0.2, 0) is 9.53 Å². The maximum atomic E-state index is 13.6. The third kappa shape index (κ3) is 3.81. The predicted octanol–water partition coefficient (Wildman–Crippen LogP) is 2.54. The highest BCUT2D eigenvalue weighted by atomic mass is 19.1. The SMILES string of the molecule is COC1CCN(c2cc(F)cc(/C=C/C(=O)O)c2)CC1. The van der Waals surface area contributed by atoms with Gasteiger partial charge in [-0.15, -0.1) is 0 Å². The number of methoxy groups -OCH3 is 1. The Hall–Kier alpha value is -1.88. The maximum absolute atomic E-state index is 13.6. The summed E-state index contributed by atoms with van der Waals surface area (Å²) in [5.74, 6) is -1.40. The van der Waals surface area contributed by atoms with E-state index in [1.54, 1.807) is 13.2 Å². The van der Waals surface area contributed by atoms with Crippen molar-refractivity contribution in [3.05, 3.63) is 35.7 Å². The molecule has 0 spiro atoms. The number of hydrogen-bond donors (Lipinski definition) is 1. The Morgan fingerprint density at radius 1 is 1.40 bits per heavy atom. The molecule has 1 N–H and O–H groups in total. The molecule has 1 saturated heterocycles. The minimum atomic E-state index is -1.04. The number of carbonyl (C=O) groups is 1. The van der Waals surface area contributed by atoms with Gasteiger partial charge in [0, 0.05) is 32.0 Å². The Bertz CT molecular complexity index is 508. The number of rotatable bonds is 4. The van der Waals surface area contributed by atoms with Gasteiger partial charge < -0.3 is 14.7 Å². The molecule has 0 saturated carbocycles. The molecule has 1 aliphatic heterocycles. The van der Waals surface area contributed by atoms with Crippen molar-refractivity contribution >= 4 is 17.7 Å². The van der Waals surface area contributed by atoms with Crippen LogP contribution in [0.25, 0.3) is 6.08 Å². The number of aliphatic carboxylic acids is 1. The summed E-state index contributed by atoms with van der Waals surface area (Å²) in [7, 11) is 1.71. The smallest absolute Gasteiger partial charge is 0.328 e. The van der Waals surface area contributed by atoms with Crippen molar-refractivity contribution in [2.45, 2.75) is 18.9 Å². The number of hydrogen-bond acceptors (Lipinski definition) is 3. The van der Waals surface area contributed by atoms with Gasteiger partial charge in [0.2, 0.25) is 0 Å². The van der Waals surface area contributed by atoms with E-state index in [-0.39, 0.29) is 11.9 Å². The van der Waals surface area contributed by atoms with Gasteiger partial charge in [-0.1, -0.05) is 0 Å². The Kier molecular flexibility index (Phi) is 4.74. The Labute approximate surface area is 117 Å². The standard InChI is InChI=1S/C15H18FNO3/c1-20-14-4-6-17(7-5-14)13-9-11(2-3-15(18)19)8-12(16)10-13/h2-3,8-10,14H,4-7H2,1H3,(H,18,19)/b3-2+. The van der Waals surface area contributed by atoms with Gasteiger partial charge in [0.15, 0.2) is 0 Å². The lowest BCUT2D eigenvalue weighted by molar-refractivity contribution is -0.131. The number of nitrogens with zero attached hydrogens (tertiary/aromatic N) is 1. The molecule has 4 nitrogen and oxygen atoms in total. The number of ether oxygens (including phenoxy) is 1. The van der Waals surface area contributed by atoms with E-state index in [0.29, 0.717) is 5.56 Å². The van der Waals surface area contributed by atoms with Crippen LogP contribution in [0.4, 0.5) is 10.1 Å². The van der Waals surface area contributed by atoms with E-state index < -0.39 is 5.97 Å².